The zero-order valence-corrected chi connectivity index (χ0v) is 9.85. The summed E-state index contributed by atoms with van der Waals surface area (Å²) in [6.07, 6.45) is 0.890. The van der Waals surface area contributed by atoms with Crippen LogP contribution in [0, 0.1) is 5.82 Å². The fraction of sp³-hybridized carbons (Fsp3) is 0.455. The predicted octanol–water partition coefficient (Wildman–Crippen LogP) is 1.81. The van der Waals surface area contributed by atoms with E-state index in [1.54, 1.807) is 12.1 Å². The van der Waals surface area contributed by atoms with Crippen LogP contribution in [0.2, 0.25) is 0 Å². The summed E-state index contributed by atoms with van der Waals surface area (Å²) in [5.74, 6) is -0.266. The summed E-state index contributed by atoms with van der Waals surface area (Å²) in [4.78, 5) is 0. The van der Waals surface area contributed by atoms with E-state index in [1.807, 2.05) is 0 Å². The van der Waals surface area contributed by atoms with E-state index in [9.17, 15) is 9.50 Å². The Kier molecular flexibility index (Phi) is 3.09. The van der Waals surface area contributed by atoms with E-state index in [-0.39, 0.29) is 17.8 Å². The summed E-state index contributed by atoms with van der Waals surface area (Å²) in [6, 6.07) is 4.96. The Bertz CT molecular complexity index is 364. The molecule has 0 spiro atoms. The van der Waals surface area contributed by atoms with Crippen molar-refractivity contribution in [2.45, 2.75) is 11.8 Å². The van der Waals surface area contributed by atoms with Gasteiger partial charge in [0.15, 0.2) is 0 Å². The van der Waals surface area contributed by atoms with Crippen LogP contribution >= 0.6 is 15.9 Å². The summed E-state index contributed by atoms with van der Waals surface area (Å²) in [5.41, 5.74) is 0.749. The van der Waals surface area contributed by atoms with Crippen LogP contribution in [0.5, 0.6) is 0 Å². The smallest absolute Gasteiger partial charge is 0.137 e. The van der Waals surface area contributed by atoms with Crippen LogP contribution in [-0.4, -0.2) is 24.8 Å². The monoisotopic (exact) mass is 273 g/mol. The molecule has 2 nitrogen and oxygen atoms in total. The van der Waals surface area contributed by atoms with Crippen LogP contribution < -0.4 is 5.32 Å². The maximum absolute atomic E-state index is 13.1. The minimum atomic E-state index is -0.266. The number of aliphatic hydroxyl groups excluding tert-OH is 1. The lowest BCUT2D eigenvalue weighted by Gasteiger charge is -2.26. The molecule has 1 unspecified atom stereocenters. The quantitative estimate of drug-likeness (QED) is 0.862. The lowest BCUT2D eigenvalue weighted by atomic mass is 9.80. The molecule has 0 radical (unpaired) electrons. The van der Waals surface area contributed by atoms with Gasteiger partial charge in [-0.05, 0) is 46.6 Å². The van der Waals surface area contributed by atoms with E-state index in [0.717, 1.165) is 25.1 Å². The molecule has 0 aromatic heterocycles. The first-order valence-electron chi connectivity index (χ1n) is 4.95. The molecule has 2 N–H and O–H groups in total. The third-order valence-corrected chi connectivity index (χ3v) is 3.69. The van der Waals surface area contributed by atoms with E-state index in [2.05, 4.69) is 21.2 Å². The molecule has 0 amide bonds. The van der Waals surface area contributed by atoms with Crippen LogP contribution in [-0.2, 0) is 5.41 Å². The van der Waals surface area contributed by atoms with E-state index >= 15 is 0 Å². The number of aliphatic hydroxyl groups is 1. The Labute approximate surface area is 96.6 Å². The Hall–Kier alpha value is -0.450. The molecule has 1 aliphatic rings. The van der Waals surface area contributed by atoms with Crippen molar-refractivity contribution in [3.63, 3.8) is 0 Å². The highest BCUT2D eigenvalue weighted by atomic mass is 79.9. The van der Waals surface area contributed by atoms with Crippen molar-refractivity contribution in [1.82, 2.24) is 5.32 Å². The van der Waals surface area contributed by atoms with E-state index in [1.165, 1.54) is 6.07 Å². The highest BCUT2D eigenvalue weighted by molar-refractivity contribution is 9.10. The van der Waals surface area contributed by atoms with Gasteiger partial charge in [-0.1, -0.05) is 6.07 Å². The van der Waals surface area contributed by atoms with Gasteiger partial charge in [0.1, 0.15) is 5.82 Å². The van der Waals surface area contributed by atoms with Crippen LogP contribution in [0.4, 0.5) is 4.39 Å². The number of hydrogen-bond donors (Lipinski definition) is 2. The number of hydrogen-bond acceptors (Lipinski definition) is 2. The second-order valence-electron chi connectivity index (χ2n) is 3.99. The molecular formula is C11H13BrFNO. The topological polar surface area (TPSA) is 32.3 Å². The molecule has 4 heteroatoms. The SMILES string of the molecule is OCC1(c2ccc(F)c(Br)c2)CCNC1. The first-order chi connectivity index (χ1) is 7.18. The van der Waals surface area contributed by atoms with Gasteiger partial charge >= 0.3 is 0 Å². The molecule has 0 saturated carbocycles. The molecule has 1 atom stereocenters. The average molecular weight is 274 g/mol. The molecule has 0 bridgehead atoms. The summed E-state index contributed by atoms with van der Waals surface area (Å²) < 4.78 is 13.5. The van der Waals surface area contributed by atoms with Gasteiger partial charge in [0.25, 0.3) is 0 Å². The van der Waals surface area contributed by atoms with Gasteiger partial charge in [0, 0.05) is 12.0 Å². The summed E-state index contributed by atoms with van der Waals surface area (Å²) in [6.45, 7) is 1.75. The minimum absolute atomic E-state index is 0.0953. The van der Waals surface area contributed by atoms with Crippen LogP contribution in [0.25, 0.3) is 0 Å². The molecule has 0 aliphatic carbocycles. The first-order valence-corrected chi connectivity index (χ1v) is 5.74. The second-order valence-corrected chi connectivity index (χ2v) is 4.85. The van der Waals surface area contributed by atoms with Crippen LogP contribution in [0.15, 0.2) is 22.7 Å². The number of benzene rings is 1. The van der Waals surface area contributed by atoms with Crippen molar-refractivity contribution in [2.75, 3.05) is 19.7 Å². The van der Waals surface area contributed by atoms with Crippen LogP contribution in [0.1, 0.15) is 12.0 Å². The highest BCUT2D eigenvalue weighted by Crippen LogP contribution is 2.32. The Morgan fingerprint density at radius 2 is 2.33 bits per heavy atom. The zero-order valence-electron chi connectivity index (χ0n) is 8.26. The van der Waals surface area contributed by atoms with Gasteiger partial charge in [-0.15, -0.1) is 0 Å². The molecular weight excluding hydrogens is 261 g/mol. The lowest BCUT2D eigenvalue weighted by Crippen LogP contribution is -2.33. The van der Waals surface area contributed by atoms with E-state index in [0.29, 0.717) is 4.47 Å². The Morgan fingerprint density at radius 3 is 2.87 bits per heavy atom. The highest BCUT2D eigenvalue weighted by Gasteiger charge is 2.35. The predicted molar refractivity (Wildman–Crippen MR) is 60.4 cm³/mol. The second kappa shape index (κ2) is 4.20. The zero-order chi connectivity index (χ0) is 10.9. The number of nitrogens with one attached hydrogen (secondary N) is 1. The normalized spacial score (nSPS) is 25.8. The van der Waals surface area contributed by atoms with E-state index in [4.69, 9.17) is 0 Å². The van der Waals surface area contributed by atoms with Crippen LogP contribution in [0.3, 0.4) is 0 Å². The minimum Gasteiger partial charge on any atom is -0.395 e. The Morgan fingerprint density at radius 1 is 1.53 bits per heavy atom. The van der Waals surface area contributed by atoms with Crippen molar-refractivity contribution in [1.29, 1.82) is 0 Å². The van der Waals surface area contributed by atoms with Crippen molar-refractivity contribution < 1.29 is 9.50 Å². The number of rotatable bonds is 2. The van der Waals surface area contributed by atoms with Crippen molar-refractivity contribution >= 4 is 15.9 Å². The number of halogens is 2. The third-order valence-electron chi connectivity index (χ3n) is 3.08. The molecule has 1 aliphatic heterocycles. The van der Waals surface area contributed by atoms with Crippen molar-refractivity contribution in [3.05, 3.63) is 34.1 Å². The van der Waals surface area contributed by atoms with Gasteiger partial charge in [0.05, 0.1) is 11.1 Å². The fourth-order valence-electron chi connectivity index (χ4n) is 2.04. The van der Waals surface area contributed by atoms with Gasteiger partial charge in [-0.2, -0.15) is 0 Å². The summed E-state index contributed by atoms with van der Waals surface area (Å²) in [7, 11) is 0. The molecule has 1 saturated heterocycles. The molecule has 2 rings (SSSR count). The van der Waals surface area contributed by atoms with Gasteiger partial charge in [-0.25, -0.2) is 4.39 Å². The van der Waals surface area contributed by atoms with Crippen molar-refractivity contribution in [3.8, 4) is 0 Å². The maximum Gasteiger partial charge on any atom is 0.137 e. The molecule has 1 aromatic rings. The first kappa shape index (κ1) is 11.0. The molecule has 1 heterocycles. The Balaban J connectivity index is 2.38. The van der Waals surface area contributed by atoms with Gasteiger partial charge in [-0.3, -0.25) is 0 Å². The molecule has 82 valence electrons. The lowest BCUT2D eigenvalue weighted by molar-refractivity contribution is 0.205. The maximum atomic E-state index is 13.1. The summed E-state index contributed by atoms with van der Waals surface area (Å²) in [5, 5.41) is 12.7. The standard InChI is InChI=1S/C11H13BrFNO/c12-9-5-8(1-2-10(9)13)11(7-15)3-4-14-6-11/h1-2,5,14-15H,3-4,6-7H2. The molecule has 15 heavy (non-hydrogen) atoms. The molecule has 1 aromatic carbocycles. The molecule has 1 fully saturated rings. The third kappa shape index (κ3) is 1.94. The van der Waals surface area contributed by atoms with Gasteiger partial charge in [0.2, 0.25) is 0 Å². The van der Waals surface area contributed by atoms with E-state index < -0.39 is 0 Å². The van der Waals surface area contributed by atoms with Crippen molar-refractivity contribution in [2.24, 2.45) is 0 Å². The average Bonchev–Trinajstić information content (AvgIpc) is 2.72. The summed E-state index contributed by atoms with van der Waals surface area (Å²) >= 11 is 3.17. The van der Waals surface area contributed by atoms with Gasteiger partial charge < -0.3 is 10.4 Å². The fourth-order valence-corrected chi connectivity index (χ4v) is 2.42. The largest absolute Gasteiger partial charge is 0.395 e.